The Kier molecular flexibility index (Phi) is 2.97. The van der Waals surface area contributed by atoms with Crippen LogP contribution in [0.5, 0.6) is 0 Å². The molecule has 2 nitrogen and oxygen atoms in total. The van der Waals surface area contributed by atoms with Gasteiger partial charge in [-0.15, -0.1) is 0 Å². The zero-order chi connectivity index (χ0) is 14.8. The SMILES string of the molecule is OC1c2cc3c(cc2C2CCCCC12)C(O)C1CCCCC31. The number of hydrogen-bond acceptors (Lipinski definition) is 2. The summed E-state index contributed by atoms with van der Waals surface area (Å²) in [5.74, 6) is 1.95. The summed E-state index contributed by atoms with van der Waals surface area (Å²) < 4.78 is 0. The largest absolute Gasteiger partial charge is 0.388 e. The first kappa shape index (κ1) is 13.6. The minimum Gasteiger partial charge on any atom is -0.388 e. The van der Waals surface area contributed by atoms with Crippen molar-refractivity contribution in [3.8, 4) is 0 Å². The number of hydrogen-bond donors (Lipinski definition) is 2. The van der Waals surface area contributed by atoms with Gasteiger partial charge in [0.2, 0.25) is 0 Å². The lowest BCUT2D eigenvalue weighted by Gasteiger charge is -2.28. The van der Waals surface area contributed by atoms with Crippen LogP contribution in [0.1, 0.15) is 97.7 Å². The van der Waals surface area contributed by atoms with E-state index in [1.165, 1.54) is 73.6 Å². The lowest BCUT2D eigenvalue weighted by molar-refractivity contribution is 0.0887. The Labute approximate surface area is 132 Å². The first-order valence-electron chi connectivity index (χ1n) is 9.29. The van der Waals surface area contributed by atoms with Crippen molar-refractivity contribution in [3.05, 3.63) is 34.4 Å². The van der Waals surface area contributed by atoms with E-state index in [9.17, 15) is 10.2 Å². The fourth-order valence-corrected chi connectivity index (χ4v) is 6.13. The molecule has 0 aliphatic heterocycles. The molecule has 0 aromatic heterocycles. The van der Waals surface area contributed by atoms with Crippen molar-refractivity contribution >= 4 is 0 Å². The quantitative estimate of drug-likeness (QED) is 0.748. The van der Waals surface area contributed by atoms with E-state index in [1.807, 2.05) is 0 Å². The summed E-state index contributed by atoms with van der Waals surface area (Å²) in [5, 5.41) is 21.6. The third kappa shape index (κ3) is 1.68. The first-order valence-corrected chi connectivity index (χ1v) is 9.29. The lowest BCUT2D eigenvalue weighted by atomic mass is 9.78. The summed E-state index contributed by atoms with van der Waals surface area (Å²) in [7, 11) is 0. The maximum absolute atomic E-state index is 10.8. The summed E-state index contributed by atoms with van der Waals surface area (Å²) in [4.78, 5) is 0. The molecule has 2 saturated carbocycles. The van der Waals surface area contributed by atoms with Gasteiger partial charge in [-0.25, -0.2) is 0 Å². The molecule has 5 rings (SSSR count). The van der Waals surface area contributed by atoms with E-state index in [-0.39, 0.29) is 12.2 Å². The predicted molar refractivity (Wildman–Crippen MR) is 85.8 cm³/mol. The highest BCUT2D eigenvalue weighted by atomic mass is 16.3. The van der Waals surface area contributed by atoms with Gasteiger partial charge in [-0.05, 0) is 71.6 Å². The first-order chi connectivity index (χ1) is 10.8. The van der Waals surface area contributed by atoms with E-state index in [2.05, 4.69) is 12.1 Å². The number of benzene rings is 1. The topological polar surface area (TPSA) is 40.5 Å². The van der Waals surface area contributed by atoms with Crippen LogP contribution in [0.15, 0.2) is 12.1 Å². The van der Waals surface area contributed by atoms with Crippen LogP contribution in [0.25, 0.3) is 0 Å². The molecule has 118 valence electrons. The van der Waals surface area contributed by atoms with E-state index in [0.29, 0.717) is 23.7 Å². The molecule has 0 radical (unpaired) electrons. The second-order valence-electron chi connectivity index (χ2n) is 8.11. The molecule has 0 amide bonds. The van der Waals surface area contributed by atoms with Crippen LogP contribution < -0.4 is 0 Å². The van der Waals surface area contributed by atoms with Crippen LogP contribution >= 0.6 is 0 Å². The number of aliphatic hydroxyl groups excluding tert-OH is 2. The molecule has 0 spiro atoms. The van der Waals surface area contributed by atoms with Gasteiger partial charge < -0.3 is 10.2 Å². The molecule has 2 heteroatoms. The van der Waals surface area contributed by atoms with Crippen LogP contribution in [0.2, 0.25) is 0 Å². The predicted octanol–water partition coefficient (Wildman–Crippen LogP) is 4.33. The molecule has 22 heavy (non-hydrogen) atoms. The molecule has 0 bridgehead atoms. The monoisotopic (exact) mass is 298 g/mol. The van der Waals surface area contributed by atoms with Gasteiger partial charge in [-0.3, -0.25) is 0 Å². The minimum absolute atomic E-state index is 0.259. The van der Waals surface area contributed by atoms with E-state index < -0.39 is 0 Å². The molecule has 1 aromatic rings. The Hall–Kier alpha value is -0.860. The molecule has 2 fully saturated rings. The van der Waals surface area contributed by atoms with E-state index in [4.69, 9.17) is 0 Å². The van der Waals surface area contributed by atoms with Crippen molar-refractivity contribution in [2.75, 3.05) is 0 Å². The molecular weight excluding hydrogens is 272 g/mol. The van der Waals surface area contributed by atoms with E-state index >= 15 is 0 Å². The summed E-state index contributed by atoms with van der Waals surface area (Å²) in [6.07, 6.45) is 9.36. The molecule has 2 N–H and O–H groups in total. The normalized spacial score (nSPS) is 42.5. The standard InChI is InChI=1S/C20H26O2/c21-19-13-7-3-1-5-11(13)15-9-18-16(10-17(15)19)12-6-2-4-8-14(12)20(18)22/h9-14,19-22H,1-8H2. The number of fused-ring (bicyclic) bond motifs is 6. The fraction of sp³-hybridized carbons (Fsp3) is 0.700. The maximum Gasteiger partial charge on any atom is 0.0826 e. The van der Waals surface area contributed by atoms with Crippen molar-refractivity contribution in [2.45, 2.75) is 75.4 Å². The van der Waals surface area contributed by atoms with Gasteiger partial charge in [0.15, 0.2) is 0 Å². The second-order valence-corrected chi connectivity index (χ2v) is 8.11. The minimum atomic E-state index is -0.259. The average molecular weight is 298 g/mol. The smallest absolute Gasteiger partial charge is 0.0826 e. The van der Waals surface area contributed by atoms with Crippen molar-refractivity contribution in [2.24, 2.45) is 11.8 Å². The third-order valence-electron chi connectivity index (χ3n) is 7.17. The Morgan fingerprint density at radius 1 is 0.591 bits per heavy atom. The highest BCUT2D eigenvalue weighted by Crippen LogP contribution is 2.58. The van der Waals surface area contributed by atoms with Crippen molar-refractivity contribution in [1.29, 1.82) is 0 Å². The molecule has 0 heterocycles. The van der Waals surface area contributed by atoms with Gasteiger partial charge in [0, 0.05) is 0 Å². The Morgan fingerprint density at radius 2 is 1.00 bits per heavy atom. The van der Waals surface area contributed by atoms with Gasteiger partial charge in [0.1, 0.15) is 0 Å². The highest BCUT2D eigenvalue weighted by molar-refractivity contribution is 5.50. The van der Waals surface area contributed by atoms with Gasteiger partial charge in [0.25, 0.3) is 0 Å². The van der Waals surface area contributed by atoms with Crippen LogP contribution in [0.4, 0.5) is 0 Å². The molecule has 6 atom stereocenters. The second kappa shape index (κ2) is 4.82. The molecule has 4 aliphatic carbocycles. The summed E-state index contributed by atoms with van der Waals surface area (Å²) in [6.45, 7) is 0. The van der Waals surface area contributed by atoms with E-state index in [1.54, 1.807) is 0 Å². The molecular formula is C20H26O2. The van der Waals surface area contributed by atoms with Crippen LogP contribution in [-0.4, -0.2) is 10.2 Å². The van der Waals surface area contributed by atoms with Crippen LogP contribution in [0, 0.1) is 11.8 Å². The molecule has 1 aromatic carbocycles. The fourth-order valence-electron chi connectivity index (χ4n) is 6.13. The van der Waals surface area contributed by atoms with Crippen molar-refractivity contribution < 1.29 is 10.2 Å². The Morgan fingerprint density at radius 3 is 1.45 bits per heavy atom. The highest BCUT2D eigenvalue weighted by Gasteiger charge is 2.46. The summed E-state index contributed by atoms with van der Waals surface area (Å²) in [6, 6.07) is 4.60. The van der Waals surface area contributed by atoms with Gasteiger partial charge in [-0.2, -0.15) is 0 Å². The number of rotatable bonds is 0. The van der Waals surface area contributed by atoms with Gasteiger partial charge in [-0.1, -0.05) is 37.8 Å². The van der Waals surface area contributed by atoms with Gasteiger partial charge >= 0.3 is 0 Å². The average Bonchev–Trinajstić information content (AvgIpc) is 3.01. The van der Waals surface area contributed by atoms with Crippen LogP contribution in [0.3, 0.4) is 0 Å². The van der Waals surface area contributed by atoms with Crippen molar-refractivity contribution in [1.82, 2.24) is 0 Å². The summed E-state index contributed by atoms with van der Waals surface area (Å²) >= 11 is 0. The Balaban J connectivity index is 1.62. The Bertz CT molecular complexity index is 554. The zero-order valence-electron chi connectivity index (χ0n) is 13.2. The summed E-state index contributed by atoms with van der Waals surface area (Å²) in [5.41, 5.74) is 5.14. The molecule has 4 aliphatic rings. The van der Waals surface area contributed by atoms with Gasteiger partial charge in [0.05, 0.1) is 12.2 Å². The molecule has 0 saturated heterocycles. The van der Waals surface area contributed by atoms with Crippen LogP contribution in [-0.2, 0) is 0 Å². The van der Waals surface area contributed by atoms with E-state index in [0.717, 1.165) is 0 Å². The third-order valence-corrected chi connectivity index (χ3v) is 7.17. The lowest BCUT2D eigenvalue weighted by Crippen LogP contribution is -2.17. The zero-order valence-corrected chi connectivity index (χ0v) is 13.2. The van der Waals surface area contributed by atoms with Crippen molar-refractivity contribution in [3.63, 3.8) is 0 Å². The number of aliphatic hydroxyl groups is 2. The maximum atomic E-state index is 10.8. The molecule has 6 unspecified atom stereocenters.